The van der Waals surface area contributed by atoms with Gasteiger partial charge in [0.25, 0.3) is 0 Å². The average molecular weight is 852 g/mol. The quantitative estimate of drug-likeness (QED) is 0.146. The molecule has 0 spiro atoms. The average Bonchev–Trinajstić information content (AvgIpc) is 3.10. The van der Waals surface area contributed by atoms with Gasteiger partial charge in [-0.3, -0.25) is 0 Å². The second kappa shape index (κ2) is 13.8. The molecule has 0 radical (unpaired) electrons. The minimum atomic E-state index is 0.116. The molecule has 7 rings (SSSR count). The molecule has 0 aliphatic heterocycles. The molecule has 4 heteroatoms. The van der Waals surface area contributed by atoms with Gasteiger partial charge >= 0.3 is 0 Å². The minimum Gasteiger partial charge on any atom is -0.0835 e. The van der Waals surface area contributed by atoms with E-state index in [0.717, 1.165) is 24.5 Å². The number of allylic oxidation sites excluding steroid dienone is 4. The van der Waals surface area contributed by atoms with Crippen molar-refractivity contribution in [2.45, 2.75) is 10.7 Å². The largest absolute Gasteiger partial charge is 0.0835 e. The molecule has 224 valence electrons. The summed E-state index contributed by atoms with van der Waals surface area (Å²) >= 11 is 16.0. The highest BCUT2D eigenvalue weighted by Gasteiger charge is 2.28. The van der Waals surface area contributed by atoms with Crippen molar-refractivity contribution in [3.63, 3.8) is 0 Å². The summed E-state index contributed by atoms with van der Waals surface area (Å²) in [5, 5.41) is 0. The van der Waals surface area contributed by atoms with Crippen LogP contribution in [-0.2, 0) is 0 Å². The molecule has 0 saturated carbocycles. The molecule has 1 aliphatic rings. The molecule has 0 bridgehead atoms. The van der Waals surface area contributed by atoms with Crippen molar-refractivity contribution in [1.82, 2.24) is 0 Å². The third-order valence-corrected chi connectivity index (χ3v) is 11.3. The van der Waals surface area contributed by atoms with Crippen molar-refractivity contribution in [2.24, 2.45) is 0 Å². The Kier molecular flexibility index (Phi) is 9.42. The van der Waals surface area contributed by atoms with E-state index < -0.39 is 0 Å². The molecule has 0 N–H and O–H groups in total. The van der Waals surface area contributed by atoms with Crippen molar-refractivity contribution in [3.8, 4) is 33.4 Å². The Labute approximate surface area is 304 Å². The predicted molar refractivity (Wildman–Crippen MR) is 210 cm³/mol. The van der Waals surface area contributed by atoms with Crippen LogP contribution in [0.25, 0.3) is 44.5 Å². The molecule has 2 atom stereocenters. The lowest BCUT2D eigenvalue weighted by atomic mass is 9.80. The van der Waals surface area contributed by atoms with E-state index in [9.17, 15) is 0 Å². The van der Waals surface area contributed by atoms with E-state index in [1.807, 2.05) is 0 Å². The van der Waals surface area contributed by atoms with Crippen LogP contribution in [0, 0.1) is 0 Å². The monoisotopic (exact) mass is 848 g/mol. The van der Waals surface area contributed by atoms with E-state index in [-0.39, 0.29) is 10.7 Å². The topological polar surface area (TPSA) is 0 Å². The van der Waals surface area contributed by atoms with Gasteiger partial charge in [-0.2, -0.15) is 0 Å². The number of alkyl halides is 1. The summed E-state index contributed by atoms with van der Waals surface area (Å²) in [5.74, 6) is 0.117. The van der Waals surface area contributed by atoms with Gasteiger partial charge in [0.05, 0.1) is 0 Å². The third-order valence-electron chi connectivity index (χ3n) is 8.49. The summed E-state index contributed by atoms with van der Waals surface area (Å²) in [6.07, 6.45) is 4.78. The first-order valence-electron chi connectivity index (χ1n) is 15.1. The van der Waals surface area contributed by atoms with Gasteiger partial charge < -0.3 is 0 Å². The first kappa shape index (κ1) is 31.3. The van der Waals surface area contributed by atoms with Crippen LogP contribution in [0.1, 0.15) is 22.6 Å². The molecule has 0 nitrogen and oxygen atoms in total. The van der Waals surface area contributed by atoms with Crippen LogP contribution in [0.2, 0.25) is 0 Å². The van der Waals surface area contributed by atoms with E-state index >= 15 is 0 Å². The van der Waals surface area contributed by atoms with Crippen molar-refractivity contribution >= 4 is 74.9 Å². The smallest absolute Gasteiger partial charge is 0.0438 e. The lowest BCUT2D eigenvalue weighted by molar-refractivity contribution is 0.881. The van der Waals surface area contributed by atoms with Gasteiger partial charge in [0.15, 0.2) is 0 Å². The Hall–Kier alpha value is -3.28. The summed E-state index contributed by atoms with van der Waals surface area (Å²) in [6, 6.07) is 51.7. The second-order valence-corrected chi connectivity index (χ2v) is 14.9. The van der Waals surface area contributed by atoms with Crippen LogP contribution in [0.15, 0.2) is 171 Å². The van der Waals surface area contributed by atoms with Gasteiger partial charge in [-0.05, 0) is 85.5 Å². The van der Waals surface area contributed by atoms with Crippen LogP contribution in [0.5, 0.6) is 0 Å². The second-order valence-electron chi connectivity index (χ2n) is 11.3. The molecule has 2 unspecified atom stereocenters. The SMILES string of the molecule is Brc1cc(C2C=C(c3ccccc3)C(c3ccccc3)=CC2Br)c(Br)cc1-c1cc(-c2ccccc2)c(-c2ccccc2)cc1Br. The van der Waals surface area contributed by atoms with Gasteiger partial charge in [-0.1, -0.05) is 197 Å². The Bertz CT molecular complexity index is 2070. The van der Waals surface area contributed by atoms with Gasteiger partial charge in [0.2, 0.25) is 0 Å². The van der Waals surface area contributed by atoms with Gasteiger partial charge in [-0.25, -0.2) is 0 Å². The number of hydrogen-bond acceptors (Lipinski definition) is 0. The lowest BCUT2D eigenvalue weighted by Gasteiger charge is -2.28. The highest BCUT2D eigenvalue weighted by atomic mass is 79.9. The molecule has 46 heavy (non-hydrogen) atoms. The maximum absolute atomic E-state index is 4.06. The zero-order chi connectivity index (χ0) is 31.6. The van der Waals surface area contributed by atoms with Crippen LogP contribution < -0.4 is 0 Å². The number of hydrogen-bond donors (Lipinski definition) is 0. The fourth-order valence-electron chi connectivity index (χ4n) is 6.23. The maximum atomic E-state index is 4.06. The van der Waals surface area contributed by atoms with Gasteiger partial charge in [-0.15, -0.1) is 0 Å². The van der Waals surface area contributed by atoms with E-state index in [4.69, 9.17) is 0 Å². The summed E-state index contributed by atoms with van der Waals surface area (Å²) < 4.78 is 3.16. The van der Waals surface area contributed by atoms with E-state index in [0.29, 0.717) is 0 Å². The standard InChI is InChI=1S/C42H28Br4/c43-39-23-33(29-17-9-3-10-18-29)31(27-13-5-1-6-14-27)21-35(39)37-25-42(46)38(26-41(37)45)36-22-32(28-15-7-2-8-16-28)34(24-40(36)44)30-19-11-4-12-20-30/h1-26,35,39H. The molecule has 0 saturated heterocycles. The van der Waals surface area contributed by atoms with E-state index in [1.165, 1.54) is 50.1 Å². The predicted octanol–water partition coefficient (Wildman–Crippen LogP) is 14.0. The molecule has 1 aliphatic carbocycles. The van der Waals surface area contributed by atoms with Crippen molar-refractivity contribution in [2.75, 3.05) is 0 Å². The zero-order valence-electron chi connectivity index (χ0n) is 24.7. The van der Waals surface area contributed by atoms with Crippen LogP contribution in [0.3, 0.4) is 0 Å². The zero-order valence-corrected chi connectivity index (χ0v) is 31.0. The van der Waals surface area contributed by atoms with Crippen LogP contribution in [0.4, 0.5) is 0 Å². The first-order chi connectivity index (χ1) is 22.5. The summed E-state index contributed by atoms with van der Waals surface area (Å²) in [7, 11) is 0. The van der Waals surface area contributed by atoms with Crippen LogP contribution in [-0.4, -0.2) is 4.83 Å². The summed E-state index contributed by atoms with van der Waals surface area (Å²) in [4.78, 5) is 0.116. The normalized spacial score (nSPS) is 16.1. The van der Waals surface area contributed by atoms with Crippen molar-refractivity contribution in [1.29, 1.82) is 0 Å². The highest BCUT2D eigenvalue weighted by molar-refractivity contribution is 9.11. The van der Waals surface area contributed by atoms with E-state index in [1.54, 1.807) is 0 Å². The maximum Gasteiger partial charge on any atom is 0.0438 e. The Morgan fingerprint density at radius 3 is 1.28 bits per heavy atom. The Morgan fingerprint density at radius 1 is 0.370 bits per heavy atom. The van der Waals surface area contributed by atoms with Crippen molar-refractivity contribution in [3.05, 3.63) is 188 Å². The third kappa shape index (κ3) is 6.33. The van der Waals surface area contributed by atoms with Gasteiger partial charge in [0.1, 0.15) is 0 Å². The summed E-state index contributed by atoms with van der Waals surface area (Å²) in [5.41, 5.74) is 13.1. The molecule has 0 heterocycles. The Balaban J connectivity index is 1.33. The summed E-state index contributed by atoms with van der Waals surface area (Å²) in [6.45, 7) is 0. The van der Waals surface area contributed by atoms with Crippen LogP contribution >= 0.6 is 63.7 Å². The lowest BCUT2D eigenvalue weighted by Crippen LogP contribution is -2.15. The number of rotatable bonds is 6. The number of benzene rings is 6. The molecular formula is C42H28Br4. The van der Waals surface area contributed by atoms with Crippen molar-refractivity contribution < 1.29 is 0 Å². The molecule has 0 fully saturated rings. The molecule has 6 aromatic carbocycles. The molecule has 0 aromatic heterocycles. The fraction of sp³-hybridized carbons (Fsp3) is 0.0476. The number of halogens is 4. The van der Waals surface area contributed by atoms with E-state index in [2.05, 4.69) is 221 Å². The Morgan fingerprint density at radius 2 is 0.761 bits per heavy atom. The molecule has 6 aromatic rings. The minimum absolute atomic E-state index is 0.116. The highest BCUT2D eigenvalue weighted by Crippen LogP contribution is 2.48. The fourth-order valence-corrected chi connectivity index (χ4v) is 8.67. The van der Waals surface area contributed by atoms with Gasteiger partial charge in [0, 0.05) is 24.2 Å². The molecule has 0 amide bonds. The molecular weight excluding hydrogens is 824 g/mol. The first-order valence-corrected chi connectivity index (χ1v) is 18.4.